The summed E-state index contributed by atoms with van der Waals surface area (Å²) in [5.74, 6) is 0. The maximum Gasteiger partial charge on any atom is 0.106 e. The van der Waals surface area contributed by atoms with Gasteiger partial charge in [-0.1, -0.05) is 42.5 Å². The first kappa shape index (κ1) is 13.5. The van der Waals surface area contributed by atoms with Crippen LogP contribution in [-0.2, 0) is 0 Å². The van der Waals surface area contributed by atoms with Crippen molar-refractivity contribution in [1.82, 2.24) is 4.73 Å². The van der Waals surface area contributed by atoms with E-state index in [1.807, 2.05) is 48.5 Å². The number of fused-ring (bicyclic) bond motifs is 1. The van der Waals surface area contributed by atoms with Gasteiger partial charge in [-0.2, -0.15) is 15.3 Å². The average Bonchev–Trinajstić information content (AvgIpc) is 2.86. The molecule has 0 aliphatic carbocycles. The van der Waals surface area contributed by atoms with Gasteiger partial charge in [0.05, 0.1) is 17.1 Å². The van der Waals surface area contributed by atoms with Crippen molar-refractivity contribution in [3.8, 4) is 23.4 Å². The third-order valence-electron chi connectivity index (χ3n) is 3.50. The average molecular weight is 285 g/mol. The van der Waals surface area contributed by atoms with Gasteiger partial charge in [-0.05, 0) is 17.7 Å². The minimum atomic E-state index is 0.443. The van der Waals surface area contributed by atoms with Gasteiger partial charge in [0.2, 0.25) is 0 Å². The SMILES string of the molecule is N#CC=Cc1ccc(-c2c(C#N)c3ccccc3n2O)cc1. The van der Waals surface area contributed by atoms with Crippen molar-refractivity contribution in [2.45, 2.75) is 0 Å². The van der Waals surface area contributed by atoms with E-state index in [2.05, 4.69) is 6.07 Å². The van der Waals surface area contributed by atoms with E-state index >= 15 is 0 Å². The molecular weight excluding hydrogens is 274 g/mol. The largest absolute Gasteiger partial charge is 0.428 e. The van der Waals surface area contributed by atoms with Gasteiger partial charge in [-0.3, -0.25) is 0 Å². The fraction of sp³-hybridized carbons (Fsp3) is 0. The Bertz CT molecular complexity index is 951. The number of rotatable bonds is 2. The Kier molecular flexibility index (Phi) is 3.35. The van der Waals surface area contributed by atoms with Crippen LogP contribution in [0, 0.1) is 22.7 Å². The van der Waals surface area contributed by atoms with E-state index in [1.54, 1.807) is 12.1 Å². The van der Waals surface area contributed by atoms with Crippen molar-refractivity contribution in [3.63, 3.8) is 0 Å². The van der Waals surface area contributed by atoms with Crippen LogP contribution in [0.1, 0.15) is 11.1 Å². The first-order valence-corrected chi connectivity index (χ1v) is 6.65. The predicted molar refractivity (Wildman–Crippen MR) is 83.9 cm³/mol. The molecule has 1 heterocycles. The van der Waals surface area contributed by atoms with Crippen LogP contribution in [-0.4, -0.2) is 9.94 Å². The predicted octanol–water partition coefficient (Wildman–Crippen LogP) is 3.95. The number of aromatic nitrogens is 1. The molecule has 4 nitrogen and oxygen atoms in total. The van der Waals surface area contributed by atoms with Crippen LogP contribution >= 0.6 is 0 Å². The van der Waals surface area contributed by atoms with E-state index in [0.717, 1.165) is 21.2 Å². The standard InChI is InChI=1S/C18H11N3O/c19-11-3-4-13-7-9-14(10-8-13)18-16(12-20)15-5-1-2-6-17(15)21(18)22/h1-10,22H. The van der Waals surface area contributed by atoms with E-state index in [1.165, 1.54) is 6.08 Å². The molecule has 0 radical (unpaired) electrons. The first-order valence-electron chi connectivity index (χ1n) is 6.65. The van der Waals surface area contributed by atoms with Crippen LogP contribution < -0.4 is 0 Å². The van der Waals surface area contributed by atoms with E-state index in [-0.39, 0.29) is 0 Å². The number of allylic oxidation sites excluding steroid dienone is 1. The van der Waals surface area contributed by atoms with E-state index in [9.17, 15) is 10.5 Å². The third kappa shape index (κ3) is 2.09. The third-order valence-corrected chi connectivity index (χ3v) is 3.50. The van der Waals surface area contributed by atoms with E-state index in [0.29, 0.717) is 16.8 Å². The monoisotopic (exact) mass is 285 g/mol. The van der Waals surface area contributed by atoms with Gasteiger partial charge in [0, 0.05) is 17.0 Å². The van der Waals surface area contributed by atoms with Gasteiger partial charge in [-0.15, -0.1) is 0 Å². The zero-order valence-corrected chi connectivity index (χ0v) is 11.6. The minimum Gasteiger partial charge on any atom is -0.428 e. The second-order valence-electron chi connectivity index (χ2n) is 4.75. The molecule has 22 heavy (non-hydrogen) atoms. The number of nitriles is 2. The molecule has 1 N–H and O–H groups in total. The molecule has 2 aromatic carbocycles. The van der Waals surface area contributed by atoms with Gasteiger partial charge in [-0.25, -0.2) is 0 Å². The highest BCUT2D eigenvalue weighted by Crippen LogP contribution is 2.32. The van der Waals surface area contributed by atoms with Crippen molar-refractivity contribution < 1.29 is 5.21 Å². The Morgan fingerprint density at radius 1 is 1.00 bits per heavy atom. The summed E-state index contributed by atoms with van der Waals surface area (Å²) in [5.41, 5.74) is 3.13. The van der Waals surface area contributed by atoms with Gasteiger partial charge < -0.3 is 5.21 Å². The Morgan fingerprint density at radius 3 is 2.41 bits per heavy atom. The molecule has 0 amide bonds. The highest BCUT2D eigenvalue weighted by Gasteiger charge is 2.17. The fourth-order valence-electron chi connectivity index (χ4n) is 2.49. The molecule has 1 aromatic heterocycles. The van der Waals surface area contributed by atoms with Gasteiger partial charge >= 0.3 is 0 Å². The summed E-state index contributed by atoms with van der Waals surface area (Å²) in [5, 5.41) is 29.1. The van der Waals surface area contributed by atoms with Crippen molar-refractivity contribution in [3.05, 3.63) is 65.7 Å². The minimum absolute atomic E-state index is 0.443. The van der Waals surface area contributed by atoms with Gasteiger partial charge in [0.1, 0.15) is 11.8 Å². The number of para-hydroxylation sites is 1. The quantitative estimate of drug-likeness (QED) is 0.572. The van der Waals surface area contributed by atoms with Crippen LogP contribution in [0.15, 0.2) is 54.6 Å². The molecular formula is C18H11N3O. The summed E-state index contributed by atoms with van der Waals surface area (Å²) in [4.78, 5) is 0. The number of hydrogen-bond donors (Lipinski definition) is 1. The Hall–Kier alpha value is -3.50. The molecule has 0 atom stereocenters. The van der Waals surface area contributed by atoms with E-state index < -0.39 is 0 Å². The summed E-state index contributed by atoms with van der Waals surface area (Å²) in [6.07, 6.45) is 3.10. The van der Waals surface area contributed by atoms with Crippen LogP contribution in [0.3, 0.4) is 0 Å². The zero-order chi connectivity index (χ0) is 15.5. The summed E-state index contributed by atoms with van der Waals surface area (Å²) in [6.45, 7) is 0. The van der Waals surface area contributed by atoms with Crippen molar-refractivity contribution in [2.75, 3.05) is 0 Å². The summed E-state index contributed by atoms with van der Waals surface area (Å²) in [7, 11) is 0. The first-order chi connectivity index (χ1) is 10.8. The normalized spacial score (nSPS) is 10.6. The van der Waals surface area contributed by atoms with Crippen LogP contribution in [0.4, 0.5) is 0 Å². The molecule has 104 valence electrons. The topological polar surface area (TPSA) is 72.7 Å². The second kappa shape index (κ2) is 5.47. The van der Waals surface area contributed by atoms with Crippen molar-refractivity contribution in [1.29, 1.82) is 10.5 Å². The van der Waals surface area contributed by atoms with Gasteiger partial charge in [0.15, 0.2) is 0 Å². The highest BCUT2D eigenvalue weighted by atomic mass is 16.5. The summed E-state index contributed by atoms with van der Waals surface area (Å²) < 4.78 is 1.05. The fourth-order valence-corrected chi connectivity index (χ4v) is 2.49. The maximum absolute atomic E-state index is 10.4. The lowest BCUT2D eigenvalue weighted by atomic mass is 10.0. The molecule has 3 aromatic rings. The molecule has 3 rings (SSSR count). The summed E-state index contributed by atoms with van der Waals surface area (Å²) >= 11 is 0. The lowest BCUT2D eigenvalue weighted by Crippen LogP contribution is -1.94. The van der Waals surface area contributed by atoms with Crippen LogP contribution in [0.5, 0.6) is 0 Å². The zero-order valence-electron chi connectivity index (χ0n) is 11.6. The Labute approximate surface area is 127 Å². The van der Waals surface area contributed by atoms with Crippen LogP contribution in [0.25, 0.3) is 28.2 Å². The lowest BCUT2D eigenvalue weighted by molar-refractivity contribution is 0.204. The smallest absolute Gasteiger partial charge is 0.106 e. The maximum atomic E-state index is 10.4. The Morgan fingerprint density at radius 2 is 1.73 bits per heavy atom. The van der Waals surface area contributed by atoms with Crippen molar-refractivity contribution >= 4 is 17.0 Å². The molecule has 0 aliphatic heterocycles. The molecule has 0 saturated carbocycles. The molecule has 4 heteroatoms. The number of benzene rings is 2. The summed E-state index contributed by atoms with van der Waals surface area (Å²) in [6, 6.07) is 18.6. The molecule has 0 saturated heterocycles. The highest BCUT2D eigenvalue weighted by molar-refractivity contribution is 5.94. The molecule has 0 aliphatic rings. The second-order valence-corrected chi connectivity index (χ2v) is 4.75. The molecule has 0 fully saturated rings. The number of nitrogens with zero attached hydrogens (tertiary/aromatic N) is 3. The molecule has 0 unspecified atom stereocenters. The number of hydrogen-bond acceptors (Lipinski definition) is 3. The molecule has 0 bridgehead atoms. The van der Waals surface area contributed by atoms with E-state index in [4.69, 9.17) is 5.26 Å². The molecule has 0 spiro atoms. The van der Waals surface area contributed by atoms with Crippen LogP contribution in [0.2, 0.25) is 0 Å². The lowest BCUT2D eigenvalue weighted by Gasteiger charge is -2.04. The van der Waals surface area contributed by atoms with Crippen molar-refractivity contribution in [2.24, 2.45) is 0 Å². The van der Waals surface area contributed by atoms with Gasteiger partial charge in [0.25, 0.3) is 0 Å². The Balaban J connectivity index is 2.19.